The first-order valence-corrected chi connectivity index (χ1v) is 6.48. The number of hydrogen-bond acceptors (Lipinski definition) is 3. The summed E-state index contributed by atoms with van der Waals surface area (Å²) in [4.78, 5) is 28.0. The fraction of sp³-hybridized carbons (Fsp3) is 0.267. The van der Waals surface area contributed by atoms with E-state index in [9.17, 15) is 22.8 Å². The molecule has 0 N–H and O–H groups in total. The van der Waals surface area contributed by atoms with Crippen molar-refractivity contribution < 1.29 is 18.0 Å². The summed E-state index contributed by atoms with van der Waals surface area (Å²) >= 11 is 0. The number of benzene rings is 1. The van der Waals surface area contributed by atoms with Crippen LogP contribution in [0.5, 0.6) is 0 Å². The molecule has 116 valence electrons. The zero-order valence-electron chi connectivity index (χ0n) is 11.9. The lowest BCUT2D eigenvalue weighted by atomic mass is 9.98. The van der Waals surface area contributed by atoms with E-state index in [-0.39, 0.29) is 5.82 Å². The van der Waals surface area contributed by atoms with Crippen LogP contribution in [0.25, 0.3) is 0 Å². The van der Waals surface area contributed by atoms with E-state index < -0.39 is 29.1 Å². The SMILES string of the molecule is Cc1nccc(=O)n1C(=O)C(C)c1ccc(C(F)(F)F)cc1. The van der Waals surface area contributed by atoms with Gasteiger partial charge in [-0.15, -0.1) is 0 Å². The molecule has 2 rings (SSSR count). The molecule has 0 amide bonds. The van der Waals surface area contributed by atoms with Gasteiger partial charge in [0.25, 0.3) is 5.56 Å². The van der Waals surface area contributed by atoms with E-state index in [1.165, 1.54) is 32.2 Å². The zero-order valence-corrected chi connectivity index (χ0v) is 11.9. The van der Waals surface area contributed by atoms with Gasteiger partial charge < -0.3 is 0 Å². The molecule has 0 aliphatic heterocycles. The van der Waals surface area contributed by atoms with Gasteiger partial charge in [-0.1, -0.05) is 12.1 Å². The third kappa shape index (κ3) is 3.08. The van der Waals surface area contributed by atoms with Gasteiger partial charge in [-0.2, -0.15) is 13.2 Å². The highest BCUT2D eigenvalue weighted by atomic mass is 19.4. The van der Waals surface area contributed by atoms with Crippen LogP contribution in [0.4, 0.5) is 13.2 Å². The van der Waals surface area contributed by atoms with Gasteiger partial charge in [-0.25, -0.2) is 9.55 Å². The summed E-state index contributed by atoms with van der Waals surface area (Å²) in [6.07, 6.45) is -3.13. The fourth-order valence-corrected chi connectivity index (χ4v) is 2.07. The molecule has 0 saturated carbocycles. The minimum atomic E-state index is -4.43. The van der Waals surface area contributed by atoms with Gasteiger partial charge in [0.1, 0.15) is 5.82 Å². The van der Waals surface area contributed by atoms with Crippen LogP contribution in [0.2, 0.25) is 0 Å². The Labute approximate surface area is 124 Å². The van der Waals surface area contributed by atoms with Gasteiger partial charge in [-0.05, 0) is 31.5 Å². The highest BCUT2D eigenvalue weighted by Crippen LogP contribution is 2.30. The number of carbonyl (C=O) groups excluding carboxylic acids is 1. The zero-order chi connectivity index (χ0) is 16.5. The second-order valence-electron chi connectivity index (χ2n) is 4.85. The highest BCUT2D eigenvalue weighted by Gasteiger charge is 2.30. The molecule has 0 aliphatic carbocycles. The van der Waals surface area contributed by atoms with Crippen molar-refractivity contribution in [1.29, 1.82) is 0 Å². The standard InChI is InChI=1S/C15H13F3N2O2/c1-9(11-3-5-12(6-4-11)15(16,17)18)14(22)20-10(2)19-8-7-13(20)21/h3-9H,1-2H3. The highest BCUT2D eigenvalue weighted by molar-refractivity contribution is 5.85. The normalized spacial score (nSPS) is 13.0. The summed E-state index contributed by atoms with van der Waals surface area (Å²) in [6, 6.07) is 5.46. The Balaban J connectivity index is 2.34. The molecule has 0 bridgehead atoms. The number of hydrogen-bond donors (Lipinski definition) is 0. The van der Waals surface area contributed by atoms with E-state index in [2.05, 4.69) is 4.98 Å². The monoisotopic (exact) mass is 310 g/mol. The Morgan fingerprint density at radius 3 is 2.27 bits per heavy atom. The van der Waals surface area contributed by atoms with Crippen LogP contribution in [0.3, 0.4) is 0 Å². The Hall–Kier alpha value is -2.44. The fourth-order valence-electron chi connectivity index (χ4n) is 2.07. The molecule has 0 aliphatic rings. The van der Waals surface area contributed by atoms with Crippen molar-refractivity contribution in [2.24, 2.45) is 0 Å². The summed E-state index contributed by atoms with van der Waals surface area (Å²) in [7, 11) is 0. The molecule has 7 heteroatoms. The molecule has 0 saturated heterocycles. The van der Waals surface area contributed by atoms with E-state index in [1.54, 1.807) is 0 Å². The van der Waals surface area contributed by atoms with Gasteiger partial charge in [0, 0.05) is 12.3 Å². The first-order valence-electron chi connectivity index (χ1n) is 6.48. The number of alkyl halides is 3. The average molecular weight is 310 g/mol. The van der Waals surface area contributed by atoms with Crippen molar-refractivity contribution >= 4 is 5.91 Å². The van der Waals surface area contributed by atoms with E-state index in [0.29, 0.717) is 5.56 Å². The number of aromatic nitrogens is 2. The molecule has 4 nitrogen and oxygen atoms in total. The second-order valence-corrected chi connectivity index (χ2v) is 4.85. The van der Waals surface area contributed by atoms with Gasteiger partial charge in [0.05, 0.1) is 11.5 Å². The average Bonchev–Trinajstić information content (AvgIpc) is 2.45. The largest absolute Gasteiger partial charge is 0.416 e. The second kappa shape index (κ2) is 5.75. The maximum Gasteiger partial charge on any atom is 0.416 e. The van der Waals surface area contributed by atoms with E-state index in [0.717, 1.165) is 22.8 Å². The molecule has 0 spiro atoms. The smallest absolute Gasteiger partial charge is 0.273 e. The van der Waals surface area contributed by atoms with Gasteiger partial charge in [0.15, 0.2) is 0 Å². The summed E-state index contributed by atoms with van der Waals surface area (Å²) < 4.78 is 38.5. The van der Waals surface area contributed by atoms with Crippen molar-refractivity contribution in [2.75, 3.05) is 0 Å². The molecule has 0 radical (unpaired) electrons. The minimum Gasteiger partial charge on any atom is -0.273 e. The van der Waals surface area contributed by atoms with E-state index in [4.69, 9.17) is 0 Å². The molecule has 1 heterocycles. The molecule has 0 fully saturated rings. The summed E-state index contributed by atoms with van der Waals surface area (Å²) in [5.41, 5.74) is -0.907. The molecule has 1 unspecified atom stereocenters. The van der Waals surface area contributed by atoms with E-state index >= 15 is 0 Å². The topological polar surface area (TPSA) is 52.0 Å². The van der Waals surface area contributed by atoms with Crippen LogP contribution in [-0.4, -0.2) is 15.5 Å². The number of rotatable bonds is 2. The molecule has 22 heavy (non-hydrogen) atoms. The van der Waals surface area contributed by atoms with Gasteiger partial charge in [-0.3, -0.25) is 9.59 Å². The summed E-state index contributed by atoms with van der Waals surface area (Å²) in [6.45, 7) is 3.04. The Morgan fingerprint density at radius 2 is 1.77 bits per heavy atom. The lowest BCUT2D eigenvalue weighted by Gasteiger charge is -2.14. The third-order valence-electron chi connectivity index (χ3n) is 3.35. The Morgan fingerprint density at radius 1 is 1.18 bits per heavy atom. The van der Waals surface area contributed by atoms with Crippen LogP contribution in [0.15, 0.2) is 41.3 Å². The first kappa shape index (κ1) is 15.9. The van der Waals surface area contributed by atoms with Crippen molar-refractivity contribution in [2.45, 2.75) is 25.9 Å². The van der Waals surface area contributed by atoms with Crippen molar-refractivity contribution in [3.63, 3.8) is 0 Å². The van der Waals surface area contributed by atoms with Crippen LogP contribution in [0, 0.1) is 6.92 Å². The molecular weight excluding hydrogens is 297 g/mol. The maximum absolute atomic E-state index is 12.5. The van der Waals surface area contributed by atoms with Crippen LogP contribution in [0.1, 0.15) is 34.6 Å². The third-order valence-corrected chi connectivity index (χ3v) is 3.35. The maximum atomic E-state index is 12.5. The number of aryl methyl sites for hydroxylation is 1. The minimum absolute atomic E-state index is 0.233. The molecule has 1 aromatic heterocycles. The molecule has 1 atom stereocenters. The van der Waals surface area contributed by atoms with Crippen LogP contribution < -0.4 is 5.56 Å². The predicted octanol–water partition coefficient (Wildman–Crippen LogP) is 3.01. The quantitative estimate of drug-likeness (QED) is 0.857. The van der Waals surface area contributed by atoms with Crippen molar-refractivity contribution in [3.05, 3.63) is 63.8 Å². The Bertz CT molecular complexity index is 749. The van der Waals surface area contributed by atoms with Gasteiger partial charge in [0.2, 0.25) is 5.91 Å². The molecule has 1 aromatic carbocycles. The Kier molecular flexibility index (Phi) is 4.16. The van der Waals surface area contributed by atoms with Gasteiger partial charge >= 0.3 is 6.18 Å². The molecular formula is C15H13F3N2O2. The first-order chi connectivity index (χ1) is 10.2. The lowest BCUT2D eigenvalue weighted by Crippen LogP contribution is -2.31. The predicted molar refractivity (Wildman–Crippen MR) is 73.7 cm³/mol. The number of halogens is 3. The van der Waals surface area contributed by atoms with Crippen molar-refractivity contribution in [3.8, 4) is 0 Å². The summed E-state index contributed by atoms with van der Waals surface area (Å²) in [5, 5.41) is 0. The van der Waals surface area contributed by atoms with Crippen LogP contribution >= 0.6 is 0 Å². The number of nitrogens with zero attached hydrogens (tertiary/aromatic N) is 2. The number of carbonyl (C=O) groups is 1. The summed E-state index contributed by atoms with van der Waals surface area (Å²) in [5.74, 6) is -1.06. The lowest BCUT2D eigenvalue weighted by molar-refractivity contribution is -0.137. The van der Waals surface area contributed by atoms with E-state index in [1.807, 2.05) is 0 Å². The molecule has 2 aromatic rings. The van der Waals surface area contributed by atoms with Crippen molar-refractivity contribution in [1.82, 2.24) is 9.55 Å². The van der Waals surface area contributed by atoms with Crippen LogP contribution in [-0.2, 0) is 6.18 Å².